The molecule has 2 aromatic rings. The normalized spacial score (nSPS) is 10.4. The van der Waals surface area contributed by atoms with Crippen LogP contribution in [0, 0.1) is 20.8 Å². The highest BCUT2D eigenvalue weighted by atomic mass is 32.1. The fraction of sp³-hybridized carbons (Fsp3) is 0.267. The van der Waals surface area contributed by atoms with E-state index < -0.39 is 0 Å². The molecule has 2 nitrogen and oxygen atoms in total. The molecule has 0 aliphatic carbocycles. The van der Waals surface area contributed by atoms with Gasteiger partial charge in [0.25, 0.3) is 0 Å². The Kier molecular flexibility index (Phi) is 3.82. The maximum absolute atomic E-state index is 10.7. The van der Waals surface area contributed by atoms with Crippen LogP contribution in [0.3, 0.4) is 0 Å². The van der Waals surface area contributed by atoms with E-state index in [0.717, 1.165) is 27.4 Å². The van der Waals surface area contributed by atoms with Crippen LogP contribution in [-0.4, -0.2) is 6.29 Å². The predicted octanol–water partition coefficient (Wildman–Crippen LogP) is 4.06. The Morgan fingerprint density at radius 3 is 2.33 bits per heavy atom. The van der Waals surface area contributed by atoms with Gasteiger partial charge in [0, 0.05) is 10.4 Å². The summed E-state index contributed by atoms with van der Waals surface area (Å²) in [6, 6.07) is 8.06. The van der Waals surface area contributed by atoms with E-state index in [1.807, 2.05) is 25.1 Å². The second-order valence-corrected chi connectivity index (χ2v) is 5.75. The topological polar surface area (TPSA) is 26.3 Å². The van der Waals surface area contributed by atoms with Gasteiger partial charge in [-0.15, -0.1) is 11.3 Å². The van der Waals surface area contributed by atoms with Crippen LogP contribution in [0.4, 0.5) is 0 Å². The zero-order valence-electron chi connectivity index (χ0n) is 10.8. The summed E-state index contributed by atoms with van der Waals surface area (Å²) in [6.07, 6.45) is 0.887. The molecule has 0 saturated heterocycles. The van der Waals surface area contributed by atoms with Gasteiger partial charge in [0.2, 0.25) is 0 Å². The van der Waals surface area contributed by atoms with Gasteiger partial charge in [-0.1, -0.05) is 6.07 Å². The van der Waals surface area contributed by atoms with Gasteiger partial charge in [-0.25, -0.2) is 0 Å². The van der Waals surface area contributed by atoms with Crippen LogP contribution in [-0.2, 0) is 6.61 Å². The van der Waals surface area contributed by atoms with Crippen molar-refractivity contribution < 1.29 is 9.53 Å². The summed E-state index contributed by atoms with van der Waals surface area (Å²) in [4.78, 5) is 12.6. The van der Waals surface area contributed by atoms with Crippen molar-refractivity contribution in [1.82, 2.24) is 0 Å². The lowest BCUT2D eigenvalue weighted by Gasteiger charge is -2.08. The predicted molar refractivity (Wildman–Crippen MR) is 74.7 cm³/mol. The quantitative estimate of drug-likeness (QED) is 0.775. The zero-order chi connectivity index (χ0) is 13.1. The van der Waals surface area contributed by atoms with Gasteiger partial charge in [0.15, 0.2) is 6.29 Å². The van der Waals surface area contributed by atoms with E-state index in [1.165, 1.54) is 22.5 Å². The fourth-order valence-corrected chi connectivity index (χ4v) is 2.78. The lowest BCUT2D eigenvalue weighted by Crippen LogP contribution is -1.96. The Bertz CT molecular complexity index is 550. The van der Waals surface area contributed by atoms with Crippen molar-refractivity contribution >= 4 is 17.6 Å². The Labute approximate surface area is 111 Å². The first-order valence-corrected chi connectivity index (χ1v) is 6.65. The molecule has 94 valence electrons. The van der Waals surface area contributed by atoms with Gasteiger partial charge in [0.1, 0.15) is 12.4 Å². The van der Waals surface area contributed by atoms with E-state index in [0.29, 0.717) is 6.61 Å². The van der Waals surface area contributed by atoms with E-state index in [4.69, 9.17) is 4.74 Å². The molecule has 1 aromatic carbocycles. The highest BCUT2D eigenvalue weighted by molar-refractivity contribution is 7.13. The fourth-order valence-electron chi connectivity index (χ4n) is 1.92. The summed E-state index contributed by atoms with van der Waals surface area (Å²) in [7, 11) is 0. The monoisotopic (exact) mass is 260 g/mol. The highest BCUT2D eigenvalue weighted by Crippen LogP contribution is 2.23. The summed E-state index contributed by atoms with van der Waals surface area (Å²) >= 11 is 1.51. The van der Waals surface area contributed by atoms with Crippen molar-refractivity contribution in [2.45, 2.75) is 27.4 Å². The van der Waals surface area contributed by atoms with Crippen molar-refractivity contribution in [2.75, 3.05) is 0 Å². The first-order chi connectivity index (χ1) is 8.58. The van der Waals surface area contributed by atoms with Gasteiger partial charge < -0.3 is 4.74 Å². The maximum atomic E-state index is 10.7. The van der Waals surface area contributed by atoms with Crippen LogP contribution in [0.5, 0.6) is 5.75 Å². The van der Waals surface area contributed by atoms with Gasteiger partial charge in [-0.2, -0.15) is 0 Å². The first kappa shape index (κ1) is 12.8. The Hall–Kier alpha value is -1.61. The number of carbonyl (C=O) groups excluding carboxylic acids is 1. The van der Waals surface area contributed by atoms with Crippen molar-refractivity contribution in [2.24, 2.45) is 0 Å². The number of thiophene rings is 1. The summed E-state index contributed by atoms with van der Waals surface area (Å²) in [6.45, 7) is 6.64. The van der Waals surface area contributed by atoms with Gasteiger partial charge >= 0.3 is 0 Å². The molecular formula is C15H16O2S. The second-order valence-electron chi connectivity index (χ2n) is 4.46. The third-order valence-corrected chi connectivity index (χ3v) is 3.76. The number of carbonyl (C=O) groups is 1. The minimum absolute atomic E-state index is 0.513. The number of ether oxygens (including phenoxy) is 1. The second kappa shape index (κ2) is 5.36. The van der Waals surface area contributed by atoms with Gasteiger partial charge in [-0.05, 0) is 50.1 Å². The molecule has 0 radical (unpaired) electrons. The maximum Gasteiger partial charge on any atom is 0.160 e. The molecule has 0 amide bonds. The third-order valence-electron chi connectivity index (χ3n) is 2.75. The van der Waals surface area contributed by atoms with E-state index in [9.17, 15) is 4.79 Å². The molecule has 1 aromatic heterocycles. The average molecular weight is 260 g/mol. The highest BCUT2D eigenvalue weighted by Gasteiger charge is 2.06. The molecule has 0 fully saturated rings. The molecule has 0 atom stereocenters. The van der Waals surface area contributed by atoms with Crippen LogP contribution in [0.2, 0.25) is 0 Å². The Balaban J connectivity index is 2.10. The minimum Gasteiger partial charge on any atom is -0.489 e. The largest absolute Gasteiger partial charge is 0.489 e. The van der Waals surface area contributed by atoms with E-state index in [-0.39, 0.29) is 0 Å². The number of rotatable bonds is 4. The number of aryl methyl sites for hydroxylation is 3. The number of aldehydes is 1. The van der Waals surface area contributed by atoms with E-state index in [1.54, 1.807) is 0 Å². The molecule has 2 rings (SSSR count). The van der Waals surface area contributed by atoms with Crippen LogP contribution in [0.25, 0.3) is 0 Å². The minimum atomic E-state index is 0.513. The van der Waals surface area contributed by atoms with Crippen molar-refractivity contribution in [3.8, 4) is 5.75 Å². The van der Waals surface area contributed by atoms with Gasteiger partial charge in [-0.3, -0.25) is 4.79 Å². The molecule has 3 heteroatoms. The summed E-state index contributed by atoms with van der Waals surface area (Å²) in [5.41, 5.74) is 3.47. The van der Waals surface area contributed by atoms with Gasteiger partial charge in [0.05, 0.1) is 4.88 Å². The first-order valence-electron chi connectivity index (χ1n) is 5.84. The molecule has 0 aliphatic rings. The molecule has 0 spiro atoms. The van der Waals surface area contributed by atoms with Crippen molar-refractivity contribution in [3.63, 3.8) is 0 Å². The summed E-state index contributed by atoms with van der Waals surface area (Å²) < 4.78 is 5.78. The number of hydrogen-bond acceptors (Lipinski definition) is 3. The van der Waals surface area contributed by atoms with Crippen LogP contribution < -0.4 is 4.74 Å². The average Bonchev–Trinajstić information content (AvgIpc) is 2.66. The van der Waals surface area contributed by atoms with Crippen molar-refractivity contribution in [3.05, 3.63) is 50.7 Å². The molecular weight excluding hydrogens is 244 g/mol. The number of hydrogen-bond donors (Lipinski definition) is 0. The molecule has 0 unspecified atom stereocenters. The summed E-state index contributed by atoms with van der Waals surface area (Å²) in [5.74, 6) is 0.880. The zero-order valence-corrected chi connectivity index (χ0v) is 11.6. The van der Waals surface area contributed by atoms with E-state index >= 15 is 0 Å². The van der Waals surface area contributed by atoms with Crippen LogP contribution in [0.1, 0.15) is 31.2 Å². The lowest BCUT2D eigenvalue weighted by molar-refractivity contribution is 0.112. The van der Waals surface area contributed by atoms with Crippen molar-refractivity contribution in [1.29, 1.82) is 0 Å². The Morgan fingerprint density at radius 2 is 1.78 bits per heavy atom. The number of benzene rings is 1. The standard InChI is InChI=1S/C15H16O2S/c1-10-4-11(2)6-14(5-10)17-9-13-7-15(8-16)18-12(13)3/h4-8H,9H2,1-3H3. The molecule has 18 heavy (non-hydrogen) atoms. The third kappa shape index (κ3) is 2.99. The Morgan fingerprint density at radius 1 is 1.11 bits per heavy atom. The summed E-state index contributed by atoms with van der Waals surface area (Å²) in [5, 5.41) is 0. The van der Waals surface area contributed by atoms with E-state index in [2.05, 4.69) is 19.9 Å². The van der Waals surface area contributed by atoms with Crippen LogP contribution in [0.15, 0.2) is 24.3 Å². The SMILES string of the molecule is Cc1cc(C)cc(OCc2cc(C=O)sc2C)c1. The van der Waals surface area contributed by atoms with Crippen LogP contribution >= 0.6 is 11.3 Å². The molecule has 0 bridgehead atoms. The molecule has 0 N–H and O–H groups in total. The molecule has 1 heterocycles. The molecule has 0 aliphatic heterocycles. The molecule has 0 saturated carbocycles. The smallest absolute Gasteiger partial charge is 0.160 e. The lowest BCUT2D eigenvalue weighted by atomic mass is 10.1.